The summed E-state index contributed by atoms with van der Waals surface area (Å²) in [7, 11) is -1.86. The molecule has 16 heavy (non-hydrogen) atoms. The highest BCUT2D eigenvalue weighted by molar-refractivity contribution is 6.74. The molecule has 0 aromatic rings. The van der Waals surface area contributed by atoms with E-state index in [-0.39, 0.29) is 18.1 Å². The second kappa shape index (κ2) is 5.83. The van der Waals surface area contributed by atoms with E-state index in [1.54, 1.807) is 0 Å². The van der Waals surface area contributed by atoms with Gasteiger partial charge < -0.3 is 14.6 Å². The summed E-state index contributed by atoms with van der Waals surface area (Å²) in [5.74, 6) is 2.32. The van der Waals surface area contributed by atoms with Gasteiger partial charge in [0.05, 0.1) is 12.7 Å². The number of rotatable bonds is 5. The number of aliphatic hydroxyl groups is 2. The van der Waals surface area contributed by atoms with E-state index in [0.29, 0.717) is 0 Å². The van der Waals surface area contributed by atoms with Gasteiger partial charge in [0.2, 0.25) is 0 Å². The Kier molecular flexibility index (Phi) is 5.70. The molecule has 0 rings (SSSR count). The SMILES string of the molecule is C#CC[C@H](O)[C@H](O)CO[Si](C)(C)C(C)(C)C. The topological polar surface area (TPSA) is 49.7 Å². The van der Waals surface area contributed by atoms with E-state index < -0.39 is 20.5 Å². The summed E-state index contributed by atoms with van der Waals surface area (Å²) in [6.07, 6.45) is 3.43. The summed E-state index contributed by atoms with van der Waals surface area (Å²) in [5.41, 5.74) is 0. The highest BCUT2D eigenvalue weighted by Crippen LogP contribution is 2.36. The molecule has 0 heterocycles. The van der Waals surface area contributed by atoms with Crippen molar-refractivity contribution in [1.82, 2.24) is 0 Å². The smallest absolute Gasteiger partial charge is 0.192 e. The number of hydrogen-bond acceptors (Lipinski definition) is 3. The van der Waals surface area contributed by atoms with Crippen molar-refractivity contribution in [3.63, 3.8) is 0 Å². The number of hydrogen-bond donors (Lipinski definition) is 2. The van der Waals surface area contributed by atoms with Crippen molar-refractivity contribution >= 4 is 8.32 Å². The van der Waals surface area contributed by atoms with Crippen LogP contribution in [0, 0.1) is 12.3 Å². The second-order valence-corrected chi connectivity index (χ2v) is 10.4. The monoisotopic (exact) mass is 244 g/mol. The summed E-state index contributed by atoms with van der Waals surface area (Å²) in [6.45, 7) is 10.7. The predicted octanol–water partition coefficient (Wildman–Crippen LogP) is 1.75. The maximum absolute atomic E-state index is 9.63. The van der Waals surface area contributed by atoms with Crippen molar-refractivity contribution in [3.8, 4) is 12.3 Å². The molecule has 0 saturated carbocycles. The molecule has 4 heteroatoms. The first-order chi connectivity index (χ1) is 7.12. The van der Waals surface area contributed by atoms with Gasteiger partial charge in [-0.3, -0.25) is 0 Å². The minimum Gasteiger partial charge on any atom is -0.414 e. The molecule has 0 aromatic carbocycles. The molecular weight excluding hydrogens is 220 g/mol. The number of terminal acetylenes is 1. The van der Waals surface area contributed by atoms with Crippen LogP contribution in [-0.4, -0.2) is 37.3 Å². The van der Waals surface area contributed by atoms with Gasteiger partial charge in [0.15, 0.2) is 8.32 Å². The lowest BCUT2D eigenvalue weighted by Gasteiger charge is -2.37. The Morgan fingerprint density at radius 3 is 2.12 bits per heavy atom. The zero-order valence-corrected chi connectivity index (χ0v) is 11.9. The third-order valence-electron chi connectivity index (χ3n) is 3.19. The molecule has 2 atom stereocenters. The Morgan fingerprint density at radius 2 is 1.75 bits per heavy atom. The Balaban J connectivity index is 4.21. The zero-order valence-electron chi connectivity index (χ0n) is 10.9. The Bertz CT molecular complexity index is 250. The van der Waals surface area contributed by atoms with Gasteiger partial charge >= 0.3 is 0 Å². The summed E-state index contributed by atoms with van der Waals surface area (Å²) in [4.78, 5) is 0. The molecule has 94 valence electrons. The van der Waals surface area contributed by atoms with Crippen LogP contribution < -0.4 is 0 Å². The quantitative estimate of drug-likeness (QED) is 0.572. The zero-order chi connectivity index (χ0) is 13.0. The Hall–Kier alpha value is -0.343. The van der Waals surface area contributed by atoms with Crippen molar-refractivity contribution < 1.29 is 14.6 Å². The molecule has 0 aliphatic heterocycles. The molecule has 0 aromatic heterocycles. The maximum atomic E-state index is 9.63. The van der Waals surface area contributed by atoms with Crippen LogP contribution in [0.1, 0.15) is 27.2 Å². The molecule has 0 bridgehead atoms. The first-order valence-electron chi connectivity index (χ1n) is 5.55. The highest BCUT2D eigenvalue weighted by Gasteiger charge is 2.37. The normalized spacial score (nSPS) is 16.6. The van der Waals surface area contributed by atoms with Gasteiger partial charge in [-0.1, -0.05) is 20.8 Å². The minimum atomic E-state index is -1.86. The van der Waals surface area contributed by atoms with Crippen molar-refractivity contribution in [2.45, 2.75) is 57.5 Å². The van der Waals surface area contributed by atoms with Gasteiger partial charge in [0.25, 0.3) is 0 Å². The van der Waals surface area contributed by atoms with E-state index >= 15 is 0 Å². The Morgan fingerprint density at radius 1 is 1.25 bits per heavy atom. The lowest BCUT2D eigenvalue weighted by molar-refractivity contribution is -0.00777. The predicted molar refractivity (Wildman–Crippen MR) is 68.6 cm³/mol. The van der Waals surface area contributed by atoms with Crippen molar-refractivity contribution in [2.75, 3.05) is 6.61 Å². The fourth-order valence-corrected chi connectivity index (χ4v) is 1.90. The maximum Gasteiger partial charge on any atom is 0.192 e. The standard InChI is InChI=1S/C12H24O3Si/c1-7-8-10(13)11(14)9-15-16(5,6)12(2,3)4/h1,10-11,13-14H,8-9H2,2-6H3/t10-,11+/m0/s1. The lowest BCUT2D eigenvalue weighted by atomic mass is 10.1. The molecule has 2 N–H and O–H groups in total. The summed E-state index contributed by atoms with van der Waals surface area (Å²) >= 11 is 0. The van der Waals surface area contributed by atoms with Crippen LogP contribution in [0.25, 0.3) is 0 Å². The van der Waals surface area contributed by atoms with Gasteiger partial charge in [0.1, 0.15) is 6.10 Å². The van der Waals surface area contributed by atoms with Crippen molar-refractivity contribution in [2.24, 2.45) is 0 Å². The molecule has 0 aliphatic carbocycles. The average Bonchev–Trinajstić information content (AvgIpc) is 2.12. The van der Waals surface area contributed by atoms with Gasteiger partial charge in [-0.05, 0) is 18.1 Å². The molecule has 0 aliphatic rings. The van der Waals surface area contributed by atoms with Crippen LogP contribution >= 0.6 is 0 Å². The summed E-state index contributed by atoms with van der Waals surface area (Å²) in [6, 6.07) is 0. The average molecular weight is 244 g/mol. The van der Waals surface area contributed by atoms with Crippen LogP contribution in [0.5, 0.6) is 0 Å². The summed E-state index contributed by atoms with van der Waals surface area (Å²) < 4.78 is 5.78. The first-order valence-corrected chi connectivity index (χ1v) is 8.46. The van der Waals surface area contributed by atoms with E-state index in [0.717, 1.165) is 0 Å². The van der Waals surface area contributed by atoms with Crippen LogP contribution in [0.15, 0.2) is 0 Å². The molecule has 3 nitrogen and oxygen atoms in total. The van der Waals surface area contributed by atoms with Gasteiger partial charge in [-0.25, -0.2) is 0 Å². The van der Waals surface area contributed by atoms with E-state index in [4.69, 9.17) is 10.8 Å². The molecular formula is C12H24O3Si. The van der Waals surface area contributed by atoms with Gasteiger partial charge in [0, 0.05) is 6.42 Å². The van der Waals surface area contributed by atoms with Gasteiger partial charge in [-0.15, -0.1) is 12.3 Å². The number of aliphatic hydroxyl groups excluding tert-OH is 2. The molecule has 0 radical (unpaired) electrons. The van der Waals surface area contributed by atoms with Gasteiger partial charge in [-0.2, -0.15) is 0 Å². The van der Waals surface area contributed by atoms with E-state index in [9.17, 15) is 10.2 Å². The molecule has 0 unspecified atom stereocenters. The summed E-state index contributed by atoms with van der Waals surface area (Å²) in [5, 5.41) is 19.2. The second-order valence-electron chi connectivity index (χ2n) is 5.61. The minimum absolute atomic E-state index is 0.101. The van der Waals surface area contributed by atoms with Crippen LogP contribution in [0.2, 0.25) is 18.1 Å². The first kappa shape index (κ1) is 15.7. The third-order valence-corrected chi connectivity index (χ3v) is 7.69. The fourth-order valence-electron chi connectivity index (χ4n) is 0.878. The van der Waals surface area contributed by atoms with Crippen molar-refractivity contribution in [1.29, 1.82) is 0 Å². The highest BCUT2D eigenvalue weighted by atomic mass is 28.4. The lowest BCUT2D eigenvalue weighted by Crippen LogP contribution is -2.44. The van der Waals surface area contributed by atoms with Crippen LogP contribution in [-0.2, 0) is 4.43 Å². The van der Waals surface area contributed by atoms with Crippen LogP contribution in [0.4, 0.5) is 0 Å². The molecule has 0 spiro atoms. The Labute approximate surface area is 100.0 Å². The molecule has 0 amide bonds. The molecule has 0 fully saturated rings. The molecule has 0 saturated heterocycles. The third kappa shape index (κ3) is 4.66. The van der Waals surface area contributed by atoms with Crippen molar-refractivity contribution in [3.05, 3.63) is 0 Å². The van der Waals surface area contributed by atoms with E-state index in [2.05, 4.69) is 39.8 Å². The largest absolute Gasteiger partial charge is 0.414 e. The van der Waals surface area contributed by atoms with E-state index in [1.165, 1.54) is 0 Å². The fraction of sp³-hybridized carbons (Fsp3) is 0.833. The van der Waals surface area contributed by atoms with E-state index in [1.807, 2.05) is 0 Å². The van der Waals surface area contributed by atoms with Crippen LogP contribution in [0.3, 0.4) is 0 Å².